The molecule has 0 spiro atoms. The summed E-state index contributed by atoms with van der Waals surface area (Å²) in [6.45, 7) is 0.778. The van der Waals surface area contributed by atoms with Gasteiger partial charge < -0.3 is 4.74 Å². The summed E-state index contributed by atoms with van der Waals surface area (Å²) < 4.78 is 8.42. The Labute approximate surface area is 168 Å². The summed E-state index contributed by atoms with van der Waals surface area (Å²) in [5.74, 6) is 0.941. The molecule has 22 heavy (non-hydrogen) atoms. The molecule has 0 atom stereocenters. The molecule has 0 fully saturated rings. The van der Waals surface area contributed by atoms with Crippen LogP contribution in [0, 0.1) is 7.14 Å². The molecule has 2 aromatic rings. The summed E-state index contributed by atoms with van der Waals surface area (Å²) in [7, 11) is 0. The first-order valence-corrected chi connectivity index (χ1v) is 10.9. The summed E-state index contributed by atoms with van der Waals surface area (Å²) in [5.41, 5.74) is 0.983. The highest BCUT2D eigenvalue weighted by molar-refractivity contribution is 14.1. The number of aromatic nitrogens is 1. The quantitative estimate of drug-likeness (QED) is 0.188. The summed E-state index contributed by atoms with van der Waals surface area (Å²) in [5, 5.41) is 2.30. The van der Waals surface area contributed by atoms with E-state index >= 15 is 0 Å². The molecule has 0 saturated heterocycles. The second kappa shape index (κ2) is 10.3. The van der Waals surface area contributed by atoms with Gasteiger partial charge in [-0.15, -0.1) is 0 Å². The number of hydrogen-bond acceptors (Lipinski definition) is 2. The number of fused-ring (bicyclic) bond motifs is 1. The summed E-state index contributed by atoms with van der Waals surface area (Å²) in [6.07, 6.45) is 9.45. The van der Waals surface area contributed by atoms with Gasteiger partial charge in [0.15, 0.2) is 5.75 Å². The van der Waals surface area contributed by atoms with Crippen molar-refractivity contribution in [2.75, 3.05) is 11.9 Å². The Morgan fingerprint density at radius 1 is 1.00 bits per heavy atom. The van der Waals surface area contributed by atoms with Crippen molar-refractivity contribution in [2.45, 2.75) is 38.5 Å². The van der Waals surface area contributed by atoms with Gasteiger partial charge in [-0.2, -0.15) is 0 Å². The van der Waals surface area contributed by atoms with E-state index < -0.39 is 0 Å². The Balaban J connectivity index is 1.87. The van der Waals surface area contributed by atoms with Crippen LogP contribution in [0.3, 0.4) is 0 Å². The molecule has 1 aromatic heterocycles. The van der Waals surface area contributed by atoms with Gasteiger partial charge in [0.25, 0.3) is 0 Å². The van der Waals surface area contributed by atoms with Gasteiger partial charge in [-0.25, -0.2) is 0 Å². The monoisotopic (exact) mass is 587 g/mol. The number of nitrogens with zero attached hydrogens (tertiary/aromatic N) is 1. The second-order valence-corrected chi connectivity index (χ2v) is 8.35. The summed E-state index contributed by atoms with van der Waals surface area (Å²) in [6, 6.07) is 6.26. The van der Waals surface area contributed by atoms with Gasteiger partial charge in [0, 0.05) is 20.5 Å². The van der Waals surface area contributed by atoms with Crippen LogP contribution < -0.4 is 4.74 Å². The van der Waals surface area contributed by atoms with Crippen molar-refractivity contribution in [3.05, 3.63) is 31.5 Å². The van der Waals surface area contributed by atoms with Crippen LogP contribution in [0.15, 0.2) is 24.4 Å². The first kappa shape index (κ1) is 18.7. The molecule has 2 rings (SSSR count). The van der Waals surface area contributed by atoms with Crippen LogP contribution in [0.4, 0.5) is 0 Å². The molecule has 0 bridgehead atoms. The van der Waals surface area contributed by atoms with Crippen LogP contribution in [0.1, 0.15) is 38.5 Å². The molecule has 5 heteroatoms. The zero-order valence-corrected chi connectivity index (χ0v) is 18.4. The smallest absolute Gasteiger partial charge is 0.158 e. The van der Waals surface area contributed by atoms with E-state index in [1.165, 1.54) is 41.1 Å². The van der Waals surface area contributed by atoms with Crippen molar-refractivity contribution < 1.29 is 4.74 Å². The number of unbranched alkanes of at least 4 members (excludes halogenated alkanes) is 5. The van der Waals surface area contributed by atoms with E-state index in [1.54, 1.807) is 0 Å². The third-order valence-corrected chi connectivity index (χ3v) is 5.78. The zero-order valence-electron chi connectivity index (χ0n) is 12.5. The molecule has 0 unspecified atom stereocenters. The molecule has 0 saturated carbocycles. The molecule has 0 amide bonds. The molecular weight excluding hydrogens is 568 g/mol. The van der Waals surface area contributed by atoms with Crippen LogP contribution in [0.5, 0.6) is 5.75 Å². The van der Waals surface area contributed by atoms with Crippen molar-refractivity contribution in [1.29, 1.82) is 0 Å². The molecule has 0 N–H and O–H groups in total. The van der Waals surface area contributed by atoms with Gasteiger partial charge in [0.05, 0.1) is 10.2 Å². The van der Waals surface area contributed by atoms with E-state index in [0.717, 1.165) is 33.2 Å². The lowest BCUT2D eigenvalue weighted by molar-refractivity contribution is 0.305. The lowest BCUT2D eigenvalue weighted by Crippen LogP contribution is -2.01. The molecule has 0 aliphatic rings. The van der Waals surface area contributed by atoms with E-state index in [0.29, 0.717) is 0 Å². The predicted molar refractivity (Wildman–Crippen MR) is 114 cm³/mol. The van der Waals surface area contributed by atoms with E-state index in [9.17, 15) is 0 Å². The number of pyridine rings is 1. The lowest BCUT2D eigenvalue weighted by atomic mass is 10.1. The van der Waals surface area contributed by atoms with Crippen molar-refractivity contribution in [1.82, 2.24) is 4.98 Å². The van der Waals surface area contributed by atoms with Gasteiger partial charge in [-0.05, 0) is 70.2 Å². The third-order valence-electron chi connectivity index (χ3n) is 3.52. The maximum absolute atomic E-state index is 6.05. The highest BCUT2D eigenvalue weighted by Gasteiger charge is 2.11. The number of ether oxygens (including phenoxy) is 1. The van der Waals surface area contributed by atoms with Crippen LogP contribution in [0.2, 0.25) is 0 Å². The van der Waals surface area contributed by atoms with Gasteiger partial charge in [-0.3, -0.25) is 4.98 Å². The van der Waals surface area contributed by atoms with Gasteiger partial charge in [-0.1, -0.05) is 47.7 Å². The van der Waals surface area contributed by atoms with Gasteiger partial charge >= 0.3 is 0 Å². The Morgan fingerprint density at radius 3 is 2.50 bits per heavy atom. The first-order valence-electron chi connectivity index (χ1n) is 7.65. The Kier molecular flexibility index (Phi) is 8.74. The lowest BCUT2D eigenvalue weighted by Gasteiger charge is -2.12. The molecule has 0 aliphatic carbocycles. The Morgan fingerprint density at radius 2 is 1.73 bits per heavy atom. The third kappa shape index (κ3) is 5.47. The molecule has 120 valence electrons. The maximum Gasteiger partial charge on any atom is 0.158 e. The molecule has 0 radical (unpaired) electrons. The normalized spacial score (nSPS) is 11.0. The van der Waals surface area contributed by atoms with Crippen LogP contribution in [0.25, 0.3) is 10.9 Å². The largest absolute Gasteiger partial charge is 0.490 e. The molecule has 1 heterocycles. The minimum Gasteiger partial charge on any atom is -0.490 e. The van der Waals surface area contributed by atoms with E-state index in [4.69, 9.17) is 4.74 Å². The fraction of sp³-hybridized carbons (Fsp3) is 0.471. The number of benzene rings is 1. The second-order valence-electron chi connectivity index (χ2n) is 5.23. The molecule has 0 aliphatic heterocycles. The molecule has 1 aromatic carbocycles. The van der Waals surface area contributed by atoms with E-state index in [-0.39, 0.29) is 0 Å². The van der Waals surface area contributed by atoms with E-state index in [1.807, 2.05) is 12.3 Å². The number of halogens is 3. The van der Waals surface area contributed by atoms with Crippen molar-refractivity contribution >= 4 is 72.0 Å². The maximum atomic E-state index is 6.05. The summed E-state index contributed by atoms with van der Waals surface area (Å²) >= 11 is 8.18. The van der Waals surface area contributed by atoms with Crippen molar-refractivity contribution in [3.8, 4) is 5.75 Å². The predicted octanol–water partition coefficient (Wildman–Crippen LogP) is 6.56. The Bertz CT molecular complexity index is 606. The van der Waals surface area contributed by atoms with Gasteiger partial charge in [0.2, 0.25) is 0 Å². The number of rotatable bonds is 9. The molecular formula is C17H20BrI2NO. The van der Waals surface area contributed by atoms with Gasteiger partial charge in [0.1, 0.15) is 5.52 Å². The topological polar surface area (TPSA) is 22.1 Å². The van der Waals surface area contributed by atoms with Crippen LogP contribution in [-0.4, -0.2) is 16.9 Å². The average molecular weight is 588 g/mol. The highest BCUT2D eigenvalue weighted by atomic mass is 127. The minimum atomic E-state index is 0.778. The van der Waals surface area contributed by atoms with E-state index in [2.05, 4.69) is 78.2 Å². The van der Waals surface area contributed by atoms with Crippen molar-refractivity contribution in [2.24, 2.45) is 0 Å². The Hall–Kier alpha value is 0.370. The van der Waals surface area contributed by atoms with Crippen LogP contribution >= 0.6 is 61.1 Å². The van der Waals surface area contributed by atoms with Crippen LogP contribution in [-0.2, 0) is 0 Å². The standard InChI is InChI=1S/C17H20BrI2NO/c18-9-5-3-1-2-4-6-11-22-17-15(20)12-14(19)13-8-7-10-21-16(13)17/h7-8,10,12H,1-6,9,11H2. The first-order chi connectivity index (χ1) is 10.7. The number of hydrogen-bond donors (Lipinski definition) is 0. The highest BCUT2D eigenvalue weighted by Crippen LogP contribution is 2.33. The molecule has 2 nitrogen and oxygen atoms in total. The number of alkyl halides is 1. The SMILES string of the molecule is BrCCCCCCCCOc1c(I)cc(I)c2cccnc12. The average Bonchev–Trinajstić information content (AvgIpc) is 2.52. The fourth-order valence-electron chi connectivity index (χ4n) is 2.36. The fourth-order valence-corrected chi connectivity index (χ4v) is 4.82. The zero-order chi connectivity index (χ0) is 15.8. The summed E-state index contributed by atoms with van der Waals surface area (Å²) in [4.78, 5) is 4.51. The minimum absolute atomic E-state index is 0.778. The van der Waals surface area contributed by atoms with Crippen molar-refractivity contribution in [3.63, 3.8) is 0 Å².